The quantitative estimate of drug-likeness (QED) is 0.874. The molecule has 1 heterocycles. The van der Waals surface area contributed by atoms with Crippen molar-refractivity contribution < 1.29 is 14.7 Å². The lowest BCUT2D eigenvalue weighted by atomic mass is 9.97. The summed E-state index contributed by atoms with van der Waals surface area (Å²) in [6.07, 6.45) is 3.38. The Morgan fingerprint density at radius 3 is 2.62 bits per heavy atom. The maximum absolute atomic E-state index is 10.3. The molecule has 2 N–H and O–H groups in total. The van der Waals surface area contributed by atoms with Gasteiger partial charge in [0, 0.05) is 5.02 Å². The Morgan fingerprint density at radius 2 is 2.00 bits per heavy atom. The zero-order valence-corrected chi connectivity index (χ0v) is 14.0. The van der Waals surface area contributed by atoms with Crippen LogP contribution in [0.2, 0.25) is 5.02 Å². The van der Waals surface area contributed by atoms with Crippen LogP contribution < -0.4 is 9.64 Å². The second-order valence-electron chi connectivity index (χ2n) is 6.39. The molecule has 1 fully saturated rings. The van der Waals surface area contributed by atoms with Gasteiger partial charge < -0.3 is 14.7 Å². The van der Waals surface area contributed by atoms with Gasteiger partial charge in [-0.15, -0.1) is 0 Å². The molecular weight excluding hydrogens is 286 g/mol. The number of rotatable bonds is 5. The lowest BCUT2D eigenvalue weighted by Gasteiger charge is -2.36. The zero-order valence-electron chi connectivity index (χ0n) is 13.2. The van der Waals surface area contributed by atoms with Crippen LogP contribution >= 0.6 is 11.6 Å². The van der Waals surface area contributed by atoms with Crippen LogP contribution in [0.25, 0.3) is 0 Å². The van der Waals surface area contributed by atoms with E-state index in [4.69, 9.17) is 16.3 Å². The first-order valence-corrected chi connectivity index (χ1v) is 8.27. The van der Waals surface area contributed by atoms with Gasteiger partial charge in [-0.2, -0.15) is 0 Å². The number of hydrogen-bond acceptors (Lipinski definition) is 2. The topological polar surface area (TPSA) is 33.9 Å². The van der Waals surface area contributed by atoms with Crippen LogP contribution in [0.3, 0.4) is 0 Å². The summed E-state index contributed by atoms with van der Waals surface area (Å²) in [5.74, 6) is 0.769. The smallest absolute Gasteiger partial charge is 0.137 e. The fourth-order valence-electron chi connectivity index (χ4n) is 3.22. The van der Waals surface area contributed by atoms with Gasteiger partial charge in [0.15, 0.2) is 0 Å². The Bertz CT molecular complexity index is 456. The van der Waals surface area contributed by atoms with Crippen molar-refractivity contribution in [3.63, 3.8) is 0 Å². The number of likely N-dealkylation sites (tertiary alicyclic amines) is 1. The summed E-state index contributed by atoms with van der Waals surface area (Å²) in [5.41, 5.74) is 0.993. The van der Waals surface area contributed by atoms with Gasteiger partial charge >= 0.3 is 0 Å². The predicted octanol–water partition coefficient (Wildman–Crippen LogP) is 2.23. The number of halogens is 1. The molecule has 1 aliphatic heterocycles. The van der Waals surface area contributed by atoms with E-state index in [9.17, 15) is 5.11 Å². The van der Waals surface area contributed by atoms with E-state index >= 15 is 0 Å². The van der Waals surface area contributed by atoms with Gasteiger partial charge in [0.2, 0.25) is 0 Å². The highest BCUT2D eigenvalue weighted by atomic mass is 35.5. The third-order valence-electron chi connectivity index (χ3n) is 4.58. The van der Waals surface area contributed by atoms with E-state index in [1.54, 1.807) is 0 Å². The Labute approximate surface area is 132 Å². The molecule has 0 aromatic heterocycles. The van der Waals surface area contributed by atoms with Crippen molar-refractivity contribution in [3.8, 4) is 5.75 Å². The molecule has 21 heavy (non-hydrogen) atoms. The summed E-state index contributed by atoms with van der Waals surface area (Å²) in [6, 6.07) is 6.84. The minimum Gasteiger partial charge on any atom is -0.491 e. The number of quaternary nitrogens is 1. The Hall–Kier alpha value is -0.770. The second kappa shape index (κ2) is 7.48. The van der Waals surface area contributed by atoms with E-state index in [1.165, 1.54) is 24.2 Å². The number of aryl methyl sites for hydroxylation is 1. The van der Waals surface area contributed by atoms with E-state index < -0.39 is 6.10 Å². The van der Waals surface area contributed by atoms with Gasteiger partial charge in [0.05, 0.1) is 12.1 Å². The van der Waals surface area contributed by atoms with Crippen LogP contribution in [0.4, 0.5) is 0 Å². The minimum absolute atomic E-state index is 0.337. The molecule has 1 aliphatic rings. The second-order valence-corrected chi connectivity index (χ2v) is 6.80. The SMILES string of the molecule is Cc1cc(OC[C@H](O)C[NH+]2[C@H](C)CCC[C@@H]2C)ccc1Cl. The number of nitrogens with one attached hydrogen (secondary N) is 1. The van der Waals surface area contributed by atoms with Crippen LogP contribution in [-0.2, 0) is 0 Å². The third-order valence-corrected chi connectivity index (χ3v) is 5.01. The number of aliphatic hydroxyl groups excluding tert-OH is 1. The highest BCUT2D eigenvalue weighted by Crippen LogP contribution is 2.21. The first-order valence-electron chi connectivity index (χ1n) is 7.90. The molecule has 0 bridgehead atoms. The van der Waals surface area contributed by atoms with Gasteiger partial charge in [-0.1, -0.05) is 11.6 Å². The van der Waals surface area contributed by atoms with Crippen LogP contribution in [0, 0.1) is 6.92 Å². The summed E-state index contributed by atoms with van der Waals surface area (Å²) in [4.78, 5) is 1.50. The van der Waals surface area contributed by atoms with E-state index in [0.29, 0.717) is 18.7 Å². The van der Waals surface area contributed by atoms with Gasteiger partial charge in [-0.25, -0.2) is 0 Å². The number of ether oxygens (including phenoxy) is 1. The summed E-state index contributed by atoms with van der Waals surface area (Å²) >= 11 is 6.00. The van der Waals surface area contributed by atoms with Crippen molar-refractivity contribution in [2.24, 2.45) is 0 Å². The highest BCUT2D eigenvalue weighted by Gasteiger charge is 2.30. The molecule has 1 saturated heterocycles. The molecule has 1 unspecified atom stereocenters. The van der Waals surface area contributed by atoms with E-state index in [1.807, 2.05) is 25.1 Å². The monoisotopic (exact) mass is 312 g/mol. The van der Waals surface area contributed by atoms with Crippen molar-refractivity contribution >= 4 is 11.6 Å². The van der Waals surface area contributed by atoms with Gasteiger partial charge in [0.1, 0.15) is 25.0 Å². The van der Waals surface area contributed by atoms with Gasteiger partial charge in [-0.3, -0.25) is 0 Å². The van der Waals surface area contributed by atoms with E-state index in [2.05, 4.69) is 13.8 Å². The molecule has 4 atom stereocenters. The largest absolute Gasteiger partial charge is 0.491 e. The van der Waals surface area contributed by atoms with Crippen molar-refractivity contribution in [2.45, 2.75) is 58.2 Å². The molecular formula is C17H27ClNO2+. The first kappa shape index (κ1) is 16.6. The minimum atomic E-state index is -0.431. The highest BCUT2D eigenvalue weighted by molar-refractivity contribution is 6.31. The summed E-state index contributed by atoms with van der Waals surface area (Å²) < 4.78 is 5.69. The molecule has 0 amide bonds. The maximum Gasteiger partial charge on any atom is 0.137 e. The zero-order chi connectivity index (χ0) is 15.4. The number of aliphatic hydroxyl groups is 1. The average molecular weight is 313 g/mol. The van der Waals surface area contributed by atoms with Crippen LogP contribution in [-0.4, -0.2) is 36.4 Å². The van der Waals surface area contributed by atoms with Crippen molar-refractivity contribution in [1.82, 2.24) is 0 Å². The Balaban J connectivity index is 1.83. The summed E-state index contributed by atoms with van der Waals surface area (Å²) in [5, 5.41) is 11.0. The average Bonchev–Trinajstić information content (AvgIpc) is 2.44. The summed E-state index contributed by atoms with van der Waals surface area (Å²) in [7, 11) is 0. The van der Waals surface area contributed by atoms with Gasteiger partial charge in [-0.05, 0) is 63.8 Å². The van der Waals surface area contributed by atoms with Crippen molar-refractivity contribution in [2.75, 3.05) is 13.2 Å². The number of hydrogen-bond donors (Lipinski definition) is 2. The van der Waals surface area contributed by atoms with Crippen molar-refractivity contribution in [1.29, 1.82) is 0 Å². The maximum atomic E-state index is 10.3. The molecule has 2 rings (SSSR count). The van der Waals surface area contributed by atoms with Crippen LogP contribution in [0.1, 0.15) is 38.7 Å². The van der Waals surface area contributed by atoms with E-state index in [-0.39, 0.29) is 0 Å². The fraction of sp³-hybridized carbons (Fsp3) is 0.647. The normalized spacial score (nSPS) is 27.4. The molecule has 3 nitrogen and oxygen atoms in total. The van der Waals surface area contributed by atoms with Crippen LogP contribution in [0.15, 0.2) is 18.2 Å². The molecule has 118 valence electrons. The standard InChI is InChI=1S/C17H26ClNO2/c1-12-9-16(7-8-17(12)18)21-11-15(20)10-19-13(2)5-4-6-14(19)3/h7-9,13-15,20H,4-6,10-11H2,1-3H3/p+1/t13-,14+,15-/m1/s1. The predicted molar refractivity (Wildman–Crippen MR) is 86.3 cm³/mol. The van der Waals surface area contributed by atoms with E-state index in [0.717, 1.165) is 22.9 Å². The lowest BCUT2D eigenvalue weighted by molar-refractivity contribution is -0.954. The fourth-order valence-corrected chi connectivity index (χ4v) is 3.34. The van der Waals surface area contributed by atoms with Crippen molar-refractivity contribution in [3.05, 3.63) is 28.8 Å². The Kier molecular flexibility index (Phi) is 5.91. The molecule has 0 aliphatic carbocycles. The Morgan fingerprint density at radius 1 is 1.33 bits per heavy atom. The first-order chi connectivity index (χ1) is 9.97. The lowest BCUT2D eigenvalue weighted by Crippen LogP contribution is -3.20. The third kappa shape index (κ3) is 4.60. The summed E-state index contributed by atoms with van der Waals surface area (Å²) in [6.45, 7) is 7.61. The van der Waals surface area contributed by atoms with Crippen LogP contribution in [0.5, 0.6) is 5.75 Å². The molecule has 0 spiro atoms. The molecule has 0 radical (unpaired) electrons. The number of benzene rings is 1. The number of piperidine rings is 1. The molecule has 1 aromatic rings. The van der Waals surface area contributed by atoms with Gasteiger partial charge in [0.25, 0.3) is 0 Å². The molecule has 4 heteroatoms. The molecule has 1 aromatic carbocycles. The molecule has 0 saturated carbocycles.